The standard InChI is InChI=1S/C21H26N2O4/c1-14-7-6-8-19(15(14)2)22-20(24)13-23(4)21(25)16(3)27-18-11-9-17(26-5)10-12-18/h6-12,16H,13H2,1-5H3,(H,22,24). The fourth-order valence-electron chi connectivity index (χ4n) is 2.59. The molecular weight excluding hydrogens is 344 g/mol. The second-order valence-corrected chi connectivity index (χ2v) is 6.43. The van der Waals surface area contributed by atoms with Gasteiger partial charge < -0.3 is 19.7 Å². The van der Waals surface area contributed by atoms with Gasteiger partial charge in [0.05, 0.1) is 13.7 Å². The monoisotopic (exact) mass is 370 g/mol. The fraction of sp³-hybridized carbons (Fsp3) is 0.333. The summed E-state index contributed by atoms with van der Waals surface area (Å²) in [5.41, 5.74) is 2.86. The van der Waals surface area contributed by atoms with Crippen molar-refractivity contribution in [2.75, 3.05) is 26.0 Å². The lowest BCUT2D eigenvalue weighted by atomic mass is 10.1. The first-order valence-electron chi connectivity index (χ1n) is 8.73. The number of methoxy groups -OCH3 is 1. The summed E-state index contributed by atoms with van der Waals surface area (Å²) < 4.78 is 10.7. The van der Waals surface area contributed by atoms with Crippen molar-refractivity contribution in [1.29, 1.82) is 0 Å². The van der Waals surface area contributed by atoms with Gasteiger partial charge >= 0.3 is 0 Å². The topological polar surface area (TPSA) is 67.9 Å². The highest BCUT2D eigenvalue weighted by Crippen LogP contribution is 2.19. The van der Waals surface area contributed by atoms with Crippen LogP contribution in [-0.4, -0.2) is 43.5 Å². The van der Waals surface area contributed by atoms with Gasteiger partial charge in [-0.2, -0.15) is 0 Å². The smallest absolute Gasteiger partial charge is 0.263 e. The second kappa shape index (κ2) is 9.07. The third-order valence-electron chi connectivity index (χ3n) is 4.36. The number of anilines is 1. The van der Waals surface area contributed by atoms with Gasteiger partial charge in [0, 0.05) is 12.7 Å². The predicted molar refractivity (Wildman–Crippen MR) is 105 cm³/mol. The Morgan fingerprint density at radius 1 is 1.07 bits per heavy atom. The van der Waals surface area contributed by atoms with E-state index >= 15 is 0 Å². The van der Waals surface area contributed by atoms with E-state index in [9.17, 15) is 9.59 Å². The maximum absolute atomic E-state index is 12.5. The van der Waals surface area contributed by atoms with Crippen LogP contribution in [0.25, 0.3) is 0 Å². The van der Waals surface area contributed by atoms with E-state index in [0.29, 0.717) is 11.5 Å². The zero-order chi connectivity index (χ0) is 20.0. The van der Waals surface area contributed by atoms with Gasteiger partial charge in [0.2, 0.25) is 5.91 Å². The first-order valence-corrected chi connectivity index (χ1v) is 8.73. The molecule has 0 radical (unpaired) electrons. The minimum absolute atomic E-state index is 0.0530. The van der Waals surface area contributed by atoms with Gasteiger partial charge in [0.15, 0.2) is 6.10 Å². The van der Waals surface area contributed by atoms with Gasteiger partial charge in [-0.3, -0.25) is 9.59 Å². The molecule has 2 rings (SSSR count). The van der Waals surface area contributed by atoms with Crippen LogP contribution in [0, 0.1) is 13.8 Å². The van der Waals surface area contributed by atoms with Crippen LogP contribution in [0.5, 0.6) is 11.5 Å². The molecule has 0 aliphatic heterocycles. The SMILES string of the molecule is COc1ccc(OC(C)C(=O)N(C)CC(=O)Nc2cccc(C)c2C)cc1. The quantitative estimate of drug-likeness (QED) is 0.813. The normalized spacial score (nSPS) is 11.4. The van der Waals surface area contributed by atoms with Gasteiger partial charge in [-0.25, -0.2) is 0 Å². The molecule has 27 heavy (non-hydrogen) atoms. The highest BCUT2D eigenvalue weighted by molar-refractivity contribution is 5.95. The maximum atomic E-state index is 12.5. The number of ether oxygens (including phenoxy) is 2. The lowest BCUT2D eigenvalue weighted by Gasteiger charge is -2.22. The first-order chi connectivity index (χ1) is 12.8. The summed E-state index contributed by atoms with van der Waals surface area (Å²) in [6.07, 6.45) is -0.711. The van der Waals surface area contributed by atoms with E-state index in [1.54, 1.807) is 45.3 Å². The number of benzene rings is 2. The van der Waals surface area contributed by atoms with E-state index in [4.69, 9.17) is 9.47 Å². The highest BCUT2D eigenvalue weighted by Gasteiger charge is 2.21. The molecule has 1 unspecified atom stereocenters. The Balaban J connectivity index is 1.91. The molecule has 0 aromatic heterocycles. The summed E-state index contributed by atoms with van der Waals surface area (Å²) in [6.45, 7) is 5.54. The van der Waals surface area contributed by atoms with E-state index in [-0.39, 0.29) is 18.4 Å². The van der Waals surface area contributed by atoms with Crippen molar-refractivity contribution in [3.8, 4) is 11.5 Å². The molecule has 144 valence electrons. The predicted octanol–water partition coefficient (Wildman–Crippen LogP) is 3.18. The average Bonchev–Trinajstić information content (AvgIpc) is 2.65. The van der Waals surface area contributed by atoms with Crippen molar-refractivity contribution in [3.63, 3.8) is 0 Å². The summed E-state index contributed by atoms with van der Waals surface area (Å²) in [7, 11) is 3.17. The summed E-state index contributed by atoms with van der Waals surface area (Å²) >= 11 is 0. The molecule has 2 amide bonds. The molecule has 0 aliphatic rings. The largest absolute Gasteiger partial charge is 0.497 e. The van der Waals surface area contributed by atoms with Crippen LogP contribution in [0.15, 0.2) is 42.5 Å². The number of rotatable bonds is 7. The van der Waals surface area contributed by atoms with E-state index in [1.165, 1.54) is 4.90 Å². The number of nitrogens with one attached hydrogen (secondary N) is 1. The Morgan fingerprint density at radius 3 is 2.33 bits per heavy atom. The van der Waals surface area contributed by atoms with E-state index in [0.717, 1.165) is 16.8 Å². The van der Waals surface area contributed by atoms with Crippen LogP contribution in [0.1, 0.15) is 18.1 Å². The third kappa shape index (κ3) is 5.48. The Morgan fingerprint density at radius 2 is 1.70 bits per heavy atom. The van der Waals surface area contributed by atoms with E-state index in [1.807, 2.05) is 32.0 Å². The molecule has 0 heterocycles. The first kappa shape index (κ1) is 20.3. The zero-order valence-electron chi connectivity index (χ0n) is 16.4. The number of carbonyl (C=O) groups is 2. The van der Waals surface area contributed by atoms with Crippen molar-refractivity contribution in [2.45, 2.75) is 26.9 Å². The molecule has 0 bridgehead atoms. The molecule has 6 nitrogen and oxygen atoms in total. The van der Waals surface area contributed by atoms with Crippen LogP contribution in [0.4, 0.5) is 5.69 Å². The molecule has 0 saturated heterocycles. The number of hydrogen-bond acceptors (Lipinski definition) is 4. The van der Waals surface area contributed by atoms with Crippen LogP contribution >= 0.6 is 0 Å². The van der Waals surface area contributed by atoms with Crippen molar-refractivity contribution in [1.82, 2.24) is 4.90 Å². The maximum Gasteiger partial charge on any atom is 0.263 e. The molecule has 1 atom stereocenters. The van der Waals surface area contributed by atoms with Gasteiger partial charge in [-0.15, -0.1) is 0 Å². The molecule has 0 aliphatic carbocycles. The Kier molecular flexibility index (Phi) is 6.82. The van der Waals surface area contributed by atoms with Gasteiger partial charge in [0.1, 0.15) is 11.5 Å². The minimum atomic E-state index is -0.711. The molecule has 2 aromatic carbocycles. The summed E-state index contributed by atoms with van der Waals surface area (Å²) in [4.78, 5) is 26.1. The Hall–Kier alpha value is -3.02. The van der Waals surface area contributed by atoms with Crippen molar-refractivity contribution in [2.24, 2.45) is 0 Å². The van der Waals surface area contributed by atoms with Gasteiger partial charge in [-0.1, -0.05) is 12.1 Å². The molecule has 0 spiro atoms. The van der Waals surface area contributed by atoms with Crippen molar-refractivity contribution >= 4 is 17.5 Å². The number of carbonyl (C=O) groups excluding carboxylic acids is 2. The lowest BCUT2D eigenvalue weighted by molar-refractivity contribution is -0.139. The van der Waals surface area contributed by atoms with Crippen LogP contribution in [-0.2, 0) is 9.59 Å². The number of likely N-dealkylation sites (N-methyl/N-ethyl adjacent to an activating group) is 1. The van der Waals surface area contributed by atoms with Crippen molar-refractivity contribution < 1.29 is 19.1 Å². The lowest BCUT2D eigenvalue weighted by Crippen LogP contribution is -2.42. The van der Waals surface area contributed by atoms with E-state index < -0.39 is 6.10 Å². The Labute approximate surface area is 160 Å². The molecular formula is C21H26N2O4. The van der Waals surface area contributed by atoms with E-state index in [2.05, 4.69) is 5.32 Å². The van der Waals surface area contributed by atoms with Gasteiger partial charge in [0.25, 0.3) is 5.91 Å². The van der Waals surface area contributed by atoms with Crippen LogP contribution in [0.3, 0.4) is 0 Å². The number of nitrogens with zero attached hydrogens (tertiary/aromatic N) is 1. The van der Waals surface area contributed by atoms with Crippen molar-refractivity contribution in [3.05, 3.63) is 53.6 Å². The second-order valence-electron chi connectivity index (χ2n) is 6.43. The number of hydrogen-bond donors (Lipinski definition) is 1. The molecule has 6 heteroatoms. The highest BCUT2D eigenvalue weighted by atomic mass is 16.5. The average molecular weight is 370 g/mol. The summed E-state index contributed by atoms with van der Waals surface area (Å²) in [6, 6.07) is 12.7. The summed E-state index contributed by atoms with van der Waals surface area (Å²) in [5, 5.41) is 2.85. The third-order valence-corrected chi connectivity index (χ3v) is 4.36. The zero-order valence-corrected chi connectivity index (χ0v) is 16.4. The fourth-order valence-corrected chi connectivity index (χ4v) is 2.59. The number of aryl methyl sites for hydroxylation is 1. The molecule has 1 N–H and O–H groups in total. The van der Waals surface area contributed by atoms with Gasteiger partial charge in [-0.05, 0) is 62.2 Å². The number of amides is 2. The van der Waals surface area contributed by atoms with Crippen LogP contribution in [0.2, 0.25) is 0 Å². The van der Waals surface area contributed by atoms with Crippen LogP contribution < -0.4 is 14.8 Å². The molecule has 0 fully saturated rings. The minimum Gasteiger partial charge on any atom is -0.497 e. The molecule has 2 aromatic rings. The Bertz CT molecular complexity index is 802. The summed E-state index contributed by atoms with van der Waals surface area (Å²) in [5.74, 6) is 0.740. The molecule has 0 saturated carbocycles.